The number of rotatable bonds is 5. The van der Waals surface area contributed by atoms with Crippen LogP contribution in [0, 0.1) is 13.8 Å². The van der Waals surface area contributed by atoms with Gasteiger partial charge in [-0.3, -0.25) is 4.90 Å². The zero-order chi connectivity index (χ0) is 18.0. The summed E-state index contributed by atoms with van der Waals surface area (Å²) >= 11 is 0. The number of nitrogens with one attached hydrogen (secondary N) is 1. The van der Waals surface area contributed by atoms with E-state index in [0.29, 0.717) is 11.4 Å². The van der Waals surface area contributed by atoms with E-state index in [4.69, 9.17) is 0 Å². The van der Waals surface area contributed by atoms with E-state index in [0.717, 1.165) is 30.6 Å². The predicted octanol–water partition coefficient (Wildman–Crippen LogP) is 3.03. The van der Waals surface area contributed by atoms with E-state index in [1.807, 2.05) is 26.0 Å². The normalized spacial score (nSPS) is 16.4. The molecule has 1 atom stereocenters. The Morgan fingerprint density at radius 3 is 2.56 bits per heavy atom. The molecule has 1 aliphatic rings. The lowest BCUT2D eigenvalue weighted by atomic mass is 9.99. The molecule has 0 amide bonds. The average Bonchev–Trinajstić information content (AvgIpc) is 2.59. The van der Waals surface area contributed by atoms with Gasteiger partial charge in [0.15, 0.2) is 0 Å². The lowest BCUT2D eigenvalue weighted by Crippen LogP contribution is -2.44. The van der Waals surface area contributed by atoms with Crippen LogP contribution < -0.4 is 4.72 Å². The van der Waals surface area contributed by atoms with Crippen molar-refractivity contribution in [1.29, 1.82) is 0 Å². The molecule has 0 bridgehead atoms. The number of fused-ring (bicyclic) bond motifs is 1. The van der Waals surface area contributed by atoms with Crippen molar-refractivity contribution in [3.05, 3.63) is 64.7 Å². The number of nitrogens with zero attached hydrogens (tertiary/aromatic N) is 1. The molecule has 1 aliphatic heterocycles. The summed E-state index contributed by atoms with van der Waals surface area (Å²) in [5.41, 5.74) is 4.60. The first kappa shape index (κ1) is 18.1. The van der Waals surface area contributed by atoms with Crippen molar-refractivity contribution in [1.82, 2.24) is 9.62 Å². The summed E-state index contributed by atoms with van der Waals surface area (Å²) in [5.74, 6) is 0. The molecule has 3 rings (SSSR count). The van der Waals surface area contributed by atoms with E-state index in [1.54, 1.807) is 6.07 Å². The Hall–Kier alpha value is -1.69. The van der Waals surface area contributed by atoms with Gasteiger partial charge in [0.25, 0.3) is 0 Å². The van der Waals surface area contributed by atoms with Crippen molar-refractivity contribution in [3.63, 3.8) is 0 Å². The molecule has 4 nitrogen and oxygen atoms in total. The van der Waals surface area contributed by atoms with Gasteiger partial charge in [0.1, 0.15) is 0 Å². The summed E-state index contributed by atoms with van der Waals surface area (Å²) in [6.07, 6.45) is 1.02. The van der Waals surface area contributed by atoms with Gasteiger partial charge >= 0.3 is 0 Å². The molecule has 2 aromatic carbocycles. The minimum Gasteiger partial charge on any atom is -0.295 e. The molecule has 2 aromatic rings. The maximum absolute atomic E-state index is 12.6. The number of aryl methyl sites for hydroxylation is 2. The third-order valence-corrected chi connectivity index (χ3v) is 6.56. The SMILES string of the molecule is Cc1ccc(S(=O)(=O)NC[C@@H](C)N2CCc3ccccc3C2)c(C)c1. The minimum absolute atomic E-state index is 0.147. The highest BCUT2D eigenvalue weighted by Gasteiger charge is 2.23. The zero-order valence-corrected chi connectivity index (χ0v) is 15.9. The minimum atomic E-state index is -3.48. The van der Waals surface area contributed by atoms with Gasteiger partial charge in [0, 0.05) is 25.7 Å². The largest absolute Gasteiger partial charge is 0.295 e. The van der Waals surface area contributed by atoms with Gasteiger partial charge < -0.3 is 0 Å². The fraction of sp³-hybridized carbons (Fsp3) is 0.400. The number of benzene rings is 2. The molecule has 5 heteroatoms. The Balaban J connectivity index is 1.65. The van der Waals surface area contributed by atoms with Crippen LogP contribution in [0.3, 0.4) is 0 Å². The van der Waals surface area contributed by atoms with E-state index in [9.17, 15) is 8.42 Å². The first-order valence-electron chi connectivity index (χ1n) is 8.74. The molecule has 0 saturated heterocycles. The average molecular weight is 359 g/mol. The lowest BCUT2D eigenvalue weighted by molar-refractivity contribution is 0.192. The summed E-state index contributed by atoms with van der Waals surface area (Å²) in [6.45, 7) is 8.14. The van der Waals surface area contributed by atoms with Crippen LogP contribution in [-0.2, 0) is 23.0 Å². The maximum atomic E-state index is 12.6. The van der Waals surface area contributed by atoms with E-state index in [2.05, 4.69) is 40.8 Å². The van der Waals surface area contributed by atoms with E-state index in [1.165, 1.54) is 11.1 Å². The van der Waals surface area contributed by atoms with Crippen molar-refractivity contribution in [2.75, 3.05) is 13.1 Å². The second-order valence-electron chi connectivity index (χ2n) is 6.96. The zero-order valence-electron chi connectivity index (χ0n) is 15.1. The van der Waals surface area contributed by atoms with Gasteiger partial charge in [0.05, 0.1) is 4.90 Å². The Morgan fingerprint density at radius 1 is 1.12 bits per heavy atom. The van der Waals surface area contributed by atoms with Crippen LogP contribution in [0.4, 0.5) is 0 Å². The molecule has 0 radical (unpaired) electrons. The molecule has 0 aliphatic carbocycles. The number of hydrogen-bond acceptors (Lipinski definition) is 3. The highest BCUT2D eigenvalue weighted by molar-refractivity contribution is 7.89. The molecular formula is C20H26N2O2S. The Morgan fingerprint density at radius 2 is 1.84 bits per heavy atom. The molecule has 0 spiro atoms. The molecule has 1 heterocycles. The molecule has 0 unspecified atom stereocenters. The van der Waals surface area contributed by atoms with Gasteiger partial charge in [-0.2, -0.15) is 0 Å². The number of hydrogen-bond donors (Lipinski definition) is 1. The summed E-state index contributed by atoms with van der Waals surface area (Å²) in [4.78, 5) is 2.71. The smallest absolute Gasteiger partial charge is 0.240 e. The van der Waals surface area contributed by atoms with Crippen LogP contribution in [0.15, 0.2) is 47.4 Å². The van der Waals surface area contributed by atoms with Crippen LogP contribution in [0.1, 0.15) is 29.2 Å². The highest BCUT2D eigenvalue weighted by atomic mass is 32.2. The molecule has 0 saturated carbocycles. The molecule has 25 heavy (non-hydrogen) atoms. The molecule has 0 aromatic heterocycles. The molecule has 134 valence electrons. The number of sulfonamides is 1. The Labute approximate surface area is 150 Å². The van der Waals surface area contributed by atoms with E-state index in [-0.39, 0.29) is 6.04 Å². The van der Waals surface area contributed by atoms with Crippen molar-refractivity contribution in [2.24, 2.45) is 0 Å². The third kappa shape index (κ3) is 4.11. The summed E-state index contributed by atoms with van der Waals surface area (Å²) in [5, 5.41) is 0. The van der Waals surface area contributed by atoms with Gasteiger partial charge in [-0.25, -0.2) is 13.1 Å². The van der Waals surface area contributed by atoms with Gasteiger partial charge in [-0.05, 0) is 49.9 Å². The van der Waals surface area contributed by atoms with Crippen LogP contribution >= 0.6 is 0 Å². The Bertz CT molecular complexity index is 862. The van der Waals surface area contributed by atoms with Crippen LogP contribution in [-0.4, -0.2) is 32.4 Å². The van der Waals surface area contributed by atoms with Crippen molar-refractivity contribution >= 4 is 10.0 Å². The van der Waals surface area contributed by atoms with Gasteiger partial charge in [0.2, 0.25) is 10.0 Å². The quantitative estimate of drug-likeness (QED) is 0.894. The second kappa shape index (κ2) is 7.28. The fourth-order valence-corrected chi connectivity index (χ4v) is 4.78. The maximum Gasteiger partial charge on any atom is 0.240 e. The van der Waals surface area contributed by atoms with Gasteiger partial charge in [-0.15, -0.1) is 0 Å². The second-order valence-corrected chi connectivity index (χ2v) is 8.69. The standard InChI is InChI=1S/C20H26N2O2S/c1-15-8-9-20(16(2)12-15)25(23,24)21-13-17(3)22-11-10-18-6-4-5-7-19(18)14-22/h4-9,12,17,21H,10-11,13-14H2,1-3H3/t17-/m1/s1. The first-order valence-corrected chi connectivity index (χ1v) is 10.2. The topological polar surface area (TPSA) is 49.4 Å². The predicted molar refractivity (Wildman–Crippen MR) is 101 cm³/mol. The lowest BCUT2D eigenvalue weighted by Gasteiger charge is -2.33. The molecule has 1 N–H and O–H groups in total. The van der Waals surface area contributed by atoms with Crippen LogP contribution in [0.25, 0.3) is 0 Å². The van der Waals surface area contributed by atoms with Crippen molar-refractivity contribution in [3.8, 4) is 0 Å². The Kier molecular flexibility index (Phi) is 5.27. The molecular weight excluding hydrogens is 332 g/mol. The van der Waals surface area contributed by atoms with Crippen LogP contribution in [0.2, 0.25) is 0 Å². The fourth-order valence-electron chi connectivity index (χ4n) is 3.43. The highest BCUT2D eigenvalue weighted by Crippen LogP contribution is 2.21. The van der Waals surface area contributed by atoms with Crippen LogP contribution in [0.5, 0.6) is 0 Å². The first-order chi connectivity index (χ1) is 11.9. The van der Waals surface area contributed by atoms with Gasteiger partial charge in [-0.1, -0.05) is 42.0 Å². The third-order valence-electron chi connectivity index (χ3n) is 4.97. The van der Waals surface area contributed by atoms with E-state index >= 15 is 0 Å². The van der Waals surface area contributed by atoms with Crippen molar-refractivity contribution < 1.29 is 8.42 Å². The summed E-state index contributed by atoms with van der Waals surface area (Å²) < 4.78 is 28.0. The van der Waals surface area contributed by atoms with E-state index < -0.39 is 10.0 Å². The van der Waals surface area contributed by atoms with Crippen molar-refractivity contribution in [2.45, 2.75) is 44.7 Å². The molecule has 0 fully saturated rings. The summed E-state index contributed by atoms with van der Waals surface area (Å²) in [7, 11) is -3.48. The monoisotopic (exact) mass is 358 g/mol. The summed E-state index contributed by atoms with van der Waals surface area (Å²) in [6, 6.07) is 14.1.